The summed E-state index contributed by atoms with van der Waals surface area (Å²) in [5.74, 6) is 0.806. The van der Waals surface area contributed by atoms with E-state index in [2.05, 4.69) is 42.2 Å². The number of halogens is 2. The van der Waals surface area contributed by atoms with Crippen LogP contribution in [0.15, 0.2) is 68.0 Å². The Morgan fingerprint density at radius 1 is 1.07 bits per heavy atom. The number of nitrogens with one attached hydrogen (secondary N) is 1. The van der Waals surface area contributed by atoms with Crippen LogP contribution in [-0.4, -0.2) is 18.0 Å². The van der Waals surface area contributed by atoms with Crippen molar-refractivity contribution in [2.75, 3.05) is 12.4 Å². The van der Waals surface area contributed by atoms with Crippen LogP contribution in [0.2, 0.25) is 0 Å². The van der Waals surface area contributed by atoms with Crippen LogP contribution in [0.4, 0.5) is 5.69 Å². The highest BCUT2D eigenvalue weighted by Gasteiger charge is 2.17. The zero-order valence-corrected chi connectivity index (χ0v) is 18.8. The summed E-state index contributed by atoms with van der Waals surface area (Å²) in [6.45, 7) is 1.89. The first kappa shape index (κ1) is 19.7. The average molecular weight is 516 g/mol. The van der Waals surface area contributed by atoms with Gasteiger partial charge in [0.2, 0.25) is 5.89 Å². The Morgan fingerprint density at radius 2 is 1.90 bits per heavy atom. The van der Waals surface area contributed by atoms with E-state index >= 15 is 0 Å². The molecule has 7 heteroatoms. The number of fused-ring (bicyclic) bond motifs is 1. The molecule has 0 spiro atoms. The molecule has 1 aromatic heterocycles. The summed E-state index contributed by atoms with van der Waals surface area (Å²) in [7, 11) is 1.55. The molecule has 0 saturated carbocycles. The van der Waals surface area contributed by atoms with E-state index in [1.807, 2.05) is 37.3 Å². The fourth-order valence-corrected chi connectivity index (χ4v) is 4.09. The Labute approximate surface area is 184 Å². The number of aryl methyl sites for hydroxylation is 1. The summed E-state index contributed by atoms with van der Waals surface area (Å²) in [4.78, 5) is 17.4. The number of aromatic nitrogens is 1. The highest BCUT2D eigenvalue weighted by Crippen LogP contribution is 2.30. The summed E-state index contributed by atoms with van der Waals surface area (Å²) in [6.07, 6.45) is 0. The molecule has 0 radical (unpaired) electrons. The Bertz CT molecular complexity index is 1230. The third kappa shape index (κ3) is 4.06. The molecule has 0 aliphatic rings. The van der Waals surface area contributed by atoms with Crippen molar-refractivity contribution in [3.05, 3.63) is 74.7 Å². The van der Waals surface area contributed by atoms with Crippen LogP contribution in [0.1, 0.15) is 15.9 Å². The summed E-state index contributed by atoms with van der Waals surface area (Å²) < 4.78 is 13.0. The molecular weight excluding hydrogens is 500 g/mol. The summed E-state index contributed by atoms with van der Waals surface area (Å²) in [6, 6.07) is 16.7. The van der Waals surface area contributed by atoms with Gasteiger partial charge in [0, 0.05) is 20.2 Å². The number of hydrogen-bond donors (Lipinski definition) is 1. The van der Waals surface area contributed by atoms with Gasteiger partial charge in [0.05, 0.1) is 12.7 Å². The molecule has 4 rings (SSSR count). The molecule has 1 N–H and O–H groups in total. The number of oxazole rings is 1. The van der Waals surface area contributed by atoms with Gasteiger partial charge in [-0.2, -0.15) is 0 Å². The van der Waals surface area contributed by atoms with Gasteiger partial charge in [0.25, 0.3) is 5.91 Å². The van der Waals surface area contributed by atoms with Crippen LogP contribution < -0.4 is 10.1 Å². The molecule has 1 amide bonds. The molecule has 0 fully saturated rings. The van der Waals surface area contributed by atoms with E-state index in [1.54, 1.807) is 31.4 Å². The van der Waals surface area contributed by atoms with Gasteiger partial charge < -0.3 is 14.5 Å². The van der Waals surface area contributed by atoms with Crippen molar-refractivity contribution in [2.45, 2.75) is 6.92 Å². The SMILES string of the molecule is COc1c(C)cc(Br)cc1C(=O)Nc1ccc2oc(-c3cccc(Br)c3)nc2c1. The Balaban J connectivity index is 1.65. The topological polar surface area (TPSA) is 64.4 Å². The van der Waals surface area contributed by atoms with Gasteiger partial charge in [-0.25, -0.2) is 4.98 Å². The fourth-order valence-electron chi connectivity index (χ4n) is 3.12. The first-order valence-electron chi connectivity index (χ1n) is 8.76. The molecular formula is C22H16Br2N2O3. The number of hydrogen-bond acceptors (Lipinski definition) is 4. The number of amides is 1. The predicted molar refractivity (Wildman–Crippen MR) is 121 cm³/mol. The number of nitrogens with zero attached hydrogens (tertiary/aromatic N) is 1. The maximum absolute atomic E-state index is 12.8. The lowest BCUT2D eigenvalue weighted by Crippen LogP contribution is -2.13. The van der Waals surface area contributed by atoms with E-state index in [4.69, 9.17) is 9.15 Å². The fraction of sp³-hybridized carbons (Fsp3) is 0.0909. The first-order chi connectivity index (χ1) is 13.9. The van der Waals surface area contributed by atoms with Crippen molar-refractivity contribution in [1.29, 1.82) is 0 Å². The third-order valence-corrected chi connectivity index (χ3v) is 5.36. The lowest BCUT2D eigenvalue weighted by molar-refractivity contribution is 0.102. The van der Waals surface area contributed by atoms with Gasteiger partial charge in [0.1, 0.15) is 11.3 Å². The van der Waals surface area contributed by atoms with Gasteiger partial charge >= 0.3 is 0 Å². The minimum atomic E-state index is -0.263. The van der Waals surface area contributed by atoms with Crippen molar-refractivity contribution >= 4 is 54.6 Å². The molecule has 1 heterocycles. The van der Waals surface area contributed by atoms with Crippen LogP contribution in [0, 0.1) is 6.92 Å². The molecule has 5 nitrogen and oxygen atoms in total. The lowest BCUT2D eigenvalue weighted by Gasteiger charge is -2.12. The maximum atomic E-state index is 12.8. The molecule has 0 atom stereocenters. The van der Waals surface area contributed by atoms with Gasteiger partial charge in [-0.3, -0.25) is 4.79 Å². The van der Waals surface area contributed by atoms with Crippen LogP contribution in [0.25, 0.3) is 22.6 Å². The number of carbonyl (C=O) groups excluding carboxylic acids is 1. The molecule has 0 unspecified atom stereocenters. The number of ether oxygens (including phenoxy) is 1. The second kappa shape index (κ2) is 8.00. The van der Waals surface area contributed by atoms with Gasteiger partial charge in [-0.05, 0) is 61.0 Å². The second-order valence-electron chi connectivity index (χ2n) is 6.47. The van der Waals surface area contributed by atoms with Gasteiger partial charge in [0.15, 0.2) is 5.58 Å². The Hall–Kier alpha value is -2.64. The predicted octanol–water partition coefficient (Wildman–Crippen LogP) is 6.59. The summed E-state index contributed by atoms with van der Waals surface area (Å²) in [5.41, 5.74) is 4.13. The van der Waals surface area contributed by atoms with Crippen LogP contribution in [-0.2, 0) is 0 Å². The Morgan fingerprint density at radius 3 is 2.66 bits per heavy atom. The average Bonchev–Trinajstić information content (AvgIpc) is 3.11. The molecule has 0 bridgehead atoms. The zero-order chi connectivity index (χ0) is 20.5. The van der Waals surface area contributed by atoms with Crippen LogP contribution in [0.5, 0.6) is 5.75 Å². The minimum Gasteiger partial charge on any atom is -0.496 e. The van der Waals surface area contributed by atoms with E-state index in [0.29, 0.717) is 34.0 Å². The molecule has 146 valence electrons. The lowest BCUT2D eigenvalue weighted by atomic mass is 10.1. The number of benzene rings is 3. The Kier molecular flexibility index (Phi) is 5.43. The van der Waals surface area contributed by atoms with Gasteiger partial charge in [-0.15, -0.1) is 0 Å². The molecule has 29 heavy (non-hydrogen) atoms. The van der Waals surface area contributed by atoms with Gasteiger partial charge in [-0.1, -0.05) is 37.9 Å². The van der Waals surface area contributed by atoms with Crippen molar-refractivity contribution in [2.24, 2.45) is 0 Å². The molecule has 0 aliphatic carbocycles. The molecule has 0 aliphatic heterocycles. The molecule has 0 saturated heterocycles. The largest absolute Gasteiger partial charge is 0.496 e. The highest BCUT2D eigenvalue weighted by molar-refractivity contribution is 9.10. The molecule has 3 aromatic carbocycles. The first-order valence-corrected chi connectivity index (χ1v) is 10.4. The van der Waals surface area contributed by atoms with Crippen molar-refractivity contribution < 1.29 is 13.9 Å². The summed E-state index contributed by atoms with van der Waals surface area (Å²) in [5, 5.41) is 2.91. The number of carbonyl (C=O) groups is 1. The van der Waals surface area contributed by atoms with Crippen molar-refractivity contribution in [1.82, 2.24) is 4.98 Å². The van der Waals surface area contributed by atoms with E-state index < -0.39 is 0 Å². The normalized spacial score (nSPS) is 10.9. The monoisotopic (exact) mass is 514 g/mol. The van der Waals surface area contributed by atoms with E-state index in [1.165, 1.54) is 0 Å². The third-order valence-electron chi connectivity index (χ3n) is 4.41. The maximum Gasteiger partial charge on any atom is 0.259 e. The van der Waals surface area contributed by atoms with Crippen LogP contribution in [0.3, 0.4) is 0 Å². The number of rotatable bonds is 4. The van der Waals surface area contributed by atoms with E-state index in [0.717, 1.165) is 20.1 Å². The number of anilines is 1. The van der Waals surface area contributed by atoms with E-state index in [9.17, 15) is 4.79 Å². The molecule has 4 aromatic rings. The van der Waals surface area contributed by atoms with Crippen molar-refractivity contribution in [3.63, 3.8) is 0 Å². The van der Waals surface area contributed by atoms with Crippen molar-refractivity contribution in [3.8, 4) is 17.2 Å². The quantitative estimate of drug-likeness (QED) is 0.333. The summed E-state index contributed by atoms with van der Waals surface area (Å²) >= 11 is 6.89. The standard InChI is InChI=1S/C22H16Br2N2O3/c1-12-8-15(24)10-17(20(12)28-2)21(27)25-16-6-7-19-18(11-16)26-22(29-19)13-4-3-5-14(23)9-13/h3-11H,1-2H3,(H,25,27). The second-order valence-corrected chi connectivity index (χ2v) is 8.30. The minimum absolute atomic E-state index is 0.263. The zero-order valence-electron chi connectivity index (χ0n) is 15.6. The van der Waals surface area contributed by atoms with E-state index in [-0.39, 0.29) is 5.91 Å². The highest BCUT2D eigenvalue weighted by atomic mass is 79.9. The number of methoxy groups -OCH3 is 1. The smallest absolute Gasteiger partial charge is 0.259 e. The van der Waals surface area contributed by atoms with Crippen LogP contribution >= 0.6 is 31.9 Å².